The molecule has 0 saturated carbocycles. The molecule has 1 aliphatic heterocycles. The van der Waals surface area contributed by atoms with E-state index in [0.29, 0.717) is 12.0 Å². The van der Waals surface area contributed by atoms with E-state index in [2.05, 4.69) is 12.2 Å². The zero-order valence-corrected chi connectivity index (χ0v) is 11.7. The summed E-state index contributed by atoms with van der Waals surface area (Å²) in [4.78, 5) is 0. The van der Waals surface area contributed by atoms with Gasteiger partial charge in [0, 0.05) is 12.6 Å². The second-order valence-electron chi connectivity index (χ2n) is 5.33. The highest BCUT2D eigenvalue weighted by molar-refractivity contribution is 5.18. The van der Waals surface area contributed by atoms with Crippen molar-refractivity contribution in [3.05, 3.63) is 35.6 Å². The lowest BCUT2D eigenvalue weighted by Crippen LogP contribution is -2.42. The molecule has 1 N–H and O–H groups in total. The van der Waals surface area contributed by atoms with Gasteiger partial charge in [0.1, 0.15) is 5.82 Å². The molecule has 2 nitrogen and oxygen atoms in total. The first kappa shape index (κ1) is 14.5. The van der Waals surface area contributed by atoms with Crippen molar-refractivity contribution in [2.75, 3.05) is 19.8 Å². The number of hydrogen-bond donors (Lipinski definition) is 1. The third-order valence-corrected chi connectivity index (χ3v) is 3.82. The van der Waals surface area contributed by atoms with Gasteiger partial charge in [-0.3, -0.25) is 0 Å². The summed E-state index contributed by atoms with van der Waals surface area (Å²) in [6, 6.07) is 7.41. The number of halogens is 1. The highest BCUT2D eigenvalue weighted by Crippen LogP contribution is 2.21. The summed E-state index contributed by atoms with van der Waals surface area (Å²) < 4.78 is 19.4. The smallest absolute Gasteiger partial charge is 0.126 e. The van der Waals surface area contributed by atoms with E-state index in [1.165, 1.54) is 6.42 Å². The maximum Gasteiger partial charge on any atom is 0.126 e. The van der Waals surface area contributed by atoms with E-state index >= 15 is 0 Å². The molecule has 1 saturated heterocycles. The molecule has 19 heavy (non-hydrogen) atoms. The average Bonchev–Trinajstić information content (AvgIpc) is 2.46. The lowest BCUT2D eigenvalue weighted by molar-refractivity contribution is 0.0392. The summed E-state index contributed by atoms with van der Waals surface area (Å²) in [6.45, 7) is 4.81. The van der Waals surface area contributed by atoms with Gasteiger partial charge in [-0.1, -0.05) is 25.1 Å². The maximum atomic E-state index is 13.8. The third-order valence-electron chi connectivity index (χ3n) is 3.82. The van der Waals surface area contributed by atoms with E-state index in [1.807, 2.05) is 12.1 Å². The topological polar surface area (TPSA) is 21.3 Å². The van der Waals surface area contributed by atoms with Crippen molar-refractivity contribution >= 4 is 0 Å². The van der Waals surface area contributed by atoms with Crippen LogP contribution in [0, 0.1) is 11.7 Å². The summed E-state index contributed by atoms with van der Waals surface area (Å²) >= 11 is 0. The Morgan fingerprint density at radius 2 is 2.26 bits per heavy atom. The Hall–Kier alpha value is -0.930. The standard InChI is InChI=1S/C16H24FNO/c1-2-9-18-16(14-7-5-10-19-12-14)11-13-6-3-4-8-15(13)17/h3-4,6,8,14,16,18H,2,5,7,9-12H2,1H3. The van der Waals surface area contributed by atoms with Gasteiger partial charge < -0.3 is 10.1 Å². The second kappa shape index (κ2) is 7.61. The number of ether oxygens (including phenoxy) is 1. The van der Waals surface area contributed by atoms with Crippen LogP contribution in [-0.4, -0.2) is 25.8 Å². The van der Waals surface area contributed by atoms with Crippen molar-refractivity contribution in [3.63, 3.8) is 0 Å². The Kier molecular flexibility index (Phi) is 5.80. The number of benzene rings is 1. The van der Waals surface area contributed by atoms with Crippen molar-refractivity contribution in [2.45, 2.75) is 38.6 Å². The first-order valence-electron chi connectivity index (χ1n) is 7.35. The van der Waals surface area contributed by atoms with Gasteiger partial charge in [-0.05, 0) is 49.8 Å². The Balaban J connectivity index is 2.02. The molecule has 0 spiro atoms. The van der Waals surface area contributed by atoms with Crippen molar-refractivity contribution in [1.82, 2.24) is 5.32 Å². The molecular weight excluding hydrogens is 241 g/mol. The van der Waals surface area contributed by atoms with Crippen LogP contribution in [0.15, 0.2) is 24.3 Å². The third kappa shape index (κ3) is 4.29. The minimum absolute atomic E-state index is 0.0949. The molecule has 0 amide bonds. The van der Waals surface area contributed by atoms with Gasteiger partial charge in [0.15, 0.2) is 0 Å². The molecular formula is C16H24FNO. The van der Waals surface area contributed by atoms with Crippen molar-refractivity contribution in [3.8, 4) is 0 Å². The quantitative estimate of drug-likeness (QED) is 0.853. The van der Waals surface area contributed by atoms with Gasteiger partial charge >= 0.3 is 0 Å². The predicted molar refractivity (Wildman–Crippen MR) is 75.7 cm³/mol. The van der Waals surface area contributed by atoms with Gasteiger partial charge in [0.25, 0.3) is 0 Å². The van der Waals surface area contributed by atoms with Crippen LogP contribution in [0.3, 0.4) is 0 Å². The zero-order chi connectivity index (χ0) is 13.5. The summed E-state index contributed by atoms with van der Waals surface area (Å²) in [7, 11) is 0. The van der Waals surface area contributed by atoms with E-state index in [-0.39, 0.29) is 5.82 Å². The maximum absolute atomic E-state index is 13.8. The van der Waals surface area contributed by atoms with E-state index in [0.717, 1.165) is 44.6 Å². The van der Waals surface area contributed by atoms with Crippen LogP contribution >= 0.6 is 0 Å². The minimum Gasteiger partial charge on any atom is -0.381 e. The van der Waals surface area contributed by atoms with Crippen LogP contribution in [-0.2, 0) is 11.2 Å². The normalized spacial score (nSPS) is 21.3. The average molecular weight is 265 g/mol. The number of hydrogen-bond acceptors (Lipinski definition) is 2. The fourth-order valence-corrected chi connectivity index (χ4v) is 2.72. The van der Waals surface area contributed by atoms with Crippen molar-refractivity contribution in [2.24, 2.45) is 5.92 Å². The number of nitrogens with one attached hydrogen (secondary N) is 1. The molecule has 1 aliphatic rings. The predicted octanol–water partition coefficient (Wildman–Crippen LogP) is 3.16. The van der Waals surface area contributed by atoms with E-state index in [4.69, 9.17) is 4.74 Å². The van der Waals surface area contributed by atoms with Crippen LogP contribution in [0.1, 0.15) is 31.7 Å². The fourth-order valence-electron chi connectivity index (χ4n) is 2.72. The van der Waals surface area contributed by atoms with Crippen LogP contribution in [0.5, 0.6) is 0 Å². The van der Waals surface area contributed by atoms with Gasteiger partial charge in [-0.2, -0.15) is 0 Å². The molecule has 0 aromatic heterocycles. The largest absolute Gasteiger partial charge is 0.381 e. The zero-order valence-electron chi connectivity index (χ0n) is 11.7. The van der Waals surface area contributed by atoms with Crippen molar-refractivity contribution < 1.29 is 9.13 Å². The molecule has 0 bridgehead atoms. The minimum atomic E-state index is -0.0949. The summed E-state index contributed by atoms with van der Waals surface area (Å²) in [5.74, 6) is 0.405. The molecule has 1 aromatic carbocycles. The molecule has 2 rings (SSSR count). The van der Waals surface area contributed by atoms with Gasteiger partial charge in [0.05, 0.1) is 6.61 Å². The van der Waals surface area contributed by atoms with Crippen LogP contribution in [0.4, 0.5) is 4.39 Å². The lowest BCUT2D eigenvalue weighted by Gasteiger charge is -2.31. The molecule has 106 valence electrons. The van der Waals surface area contributed by atoms with Gasteiger partial charge in [0.2, 0.25) is 0 Å². The summed E-state index contributed by atoms with van der Waals surface area (Å²) in [6.07, 6.45) is 4.14. The Morgan fingerprint density at radius 1 is 1.42 bits per heavy atom. The van der Waals surface area contributed by atoms with E-state index in [1.54, 1.807) is 12.1 Å². The Bertz CT molecular complexity index is 377. The molecule has 0 radical (unpaired) electrons. The molecule has 1 aromatic rings. The monoisotopic (exact) mass is 265 g/mol. The van der Waals surface area contributed by atoms with Gasteiger partial charge in [-0.25, -0.2) is 4.39 Å². The molecule has 1 heterocycles. The highest BCUT2D eigenvalue weighted by Gasteiger charge is 2.24. The fraction of sp³-hybridized carbons (Fsp3) is 0.625. The second-order valence-corrected chi connectivity index (χ2v) is 5.33. The van der Waals surface area contributed by atoms with E-state index in [9.17, 15) is 4.39 Å². The first-order chi connectivity index (χ1) is 9.31. The molecule has 2 unspecified atom stereocenters. The van der Waals surface area contributed by atoms with Crippen LogP contribution < -0.4 is 5.32 Å². The molecule has 2 atom stereocenters. The summed E-state index contributed by atoms with van der Waals surface area (Å²) in [5.41, 5.74) is 0.807. The molecule has 1 fully saturated rings. The molecule has 0 aliphatic carbocycles. The Labute approximate surface area is 115 Å². The van der Waals surface area contributed by atoms with Gasteiger partial charge in [-0.15, -0.1) is 0 Å². The lowest BCUT2D eigenvalue weighted by atomic mass is 9.89. The van der Waals surface area contributed by atoms with Crippen molar-refractivity contribution in [1.29, 1.82) is 0 Å². The highest BCUT2D eigenvalue weighted by atomic mass is 19.1. The Morgan fingerprint density at radius 3 is 2.95 bits per heavy atom. The molecule has 3 heteroatoms. The van der Waals surface area contributed by atoms with Crippen LogP contribution in [0.25, 0.3) is 0 Å². The first-order valence-corrected chi connectivity index (χ1v) is 7.35. The number of rotatable bonds is 6. The van der Waals surface area contributed by atoms with Crippen LogP contribution in [0.2, 0.25) is 0 Å². The van der Waals surface area contributed by atoms with E-state index < -0.39 is 0 Å². The summed E-state index contributed by atoms with van der Waals surface area (Å²) in [5, 5.41) is 3.57. The SMILES string of the molecule is CCCNC(Cc1ccccc1F)C1CCCOC1.